The summed E-state index contributed by atoms with van der Waals surface area (Å²) in [7, 11) is 0. The molecule has 0 saturated carbocycles. The number of carboxylic acid groups (broad SMARTS) is 1. The molecule has 0 radical (unpaired) electrons. The summed E-state index contributed by atoms with van der Waals surface area (Å²) < 4.78 is 0. The van der Waals surface area contributed by atoms with Crippen LogP contribution in [0.15, 0.2) is 0 Å². The van der Waals surface area contributed by atoms with Crippen LogP contribution in [0.3, 0.4) is 0 Å². The van der Waals surface area contributed by atoms with E-state index >= 15 is 0 Å². The molecule has 23 nitrogen and oxygen atoms in total. The number of aliphatic hydroxyl groups is 1. The van der Waals surface area contributed by atoms with E-state index in [1.54, 1.807) is 41.5 Å². The largest absolute Gasteiger partial charge is 0.480 e. The van der Waals surface area contributed by atoms with E-state index in [-0.39, 0.29) is 87.4 Å². The molecule has 0 bridgehead atoms. The van der Waals surface area contributed by atoms with E-state index in [1.165, 1.54) is 12.8 Å². The predicted molar refractivity (Wildman–Crippen MR) is 305 cm³/mol. The summed E-state index contributed by atoms with van der Waals surface area (Å²) in [5, 5.41) is 41.5. The monoisotopic (exact) mass is 1140 g/mol. The number of aliphatic carboxylic acids is 1. The minimum Gasteiger partial charge on any atom is -0.480 e. The second-order valence-corrected chi connectivity index (χ2v) is 24.0. The molecule has 0 aliphatic heterocycles. The summed E-state index contributed by atoms with van der Waals surface area (Å²) in [6.45, 7) is 23.5. The Balaban J connectivity index is 6.62. The number of hydrogen-bond acceptors (Lipinski definition) is 12. The van der Waals surface area contributed by atoms with Gasteiger partial charge in [0.25, 0.3) is 0 Å². The van der Waals surface area contributed by atoms with Crippen LogP contribution in [0.1, 0.15) is 206 Å². The van der Waals surface area contributed by atoms with Crippen LogP contribution in [0.2, 0.25) is 0 Å². The molecule has 0 saturated heterocycles. The van der Waals surface area contributed by atoms with Crippen LogP contribution in [0.5, 0.6) is 0 Å². The van der Waals surface area contributed by atoms with Crippen molar-refractivity contribution in [3.05, 3.63) is 0 Å². The third kappa shape index (κ3) is 33.0. The lowest BCUT2D eigenvalue weighted by atomic mass is 9.98. The standard InChI is InChI=1S/C57H104N10O13/c1-14-15-16-17-18-19-20-21-38(68)31-48(71)60-41(26-32(2)3)52(74)64-43(28-34(6)7)54(76)61-39(22-24-46(58)69)50(72)63-42(27-33(4)5)53(75)62-40(23-25-47(59)70)51(73)67-49(37(12)13)56(78)65-44(29-35(8)9)55(77)66-45(57(79)80)30-36(10)11/h32-45,49,68H,14-31H2,1-13H3,(H2,58,69)(H2,59,70)(H,60,71)(H,61,76)(H,62,75)(H,63,72)(H,64,74)(H,65,78)(H,66,77)(H,67,73)(H,79,80)/t38-,39-,40-,41-,42-,43-,44-,45-,49-/m0/s1. The quantitative estimate of drug-likeness (QED) is 0.0391. The molecule has 23 heteroatoms. The van der Waals surface area contributed by atoms with Gasteiger partial charge in [0.15, 0.2) is 0 Å². The Morgan fingerprint density at radius 2 is 0.675 bits per heavy atom. The van der Waals surface area contributed by atoms with E-state index in [4.69, 9.17) is 11.5 Å². The number of rotatable bonds is 43. The van der Waals surface area contributed by atoms with Gasteiger partial charge in [-0.3, -0.25) is 47.9 Å². The Bertz CT molecular complexity index is 1980. The molecule has 9 atom stereocenters. The van der Waals surface area contributed by atoms with Gasteiger partial charge in [0.05, 0.1) is 12.5 Å². The maximum Gasteiger partial charge on any atom is 0.326 e. The number of carboxylic acids is 1. The lowest BCUT2D eigenvalue weighted by Crippen LogP contribution is -2.61. The van der Waals surface area contributed by atoms with Gasteiger partial charge in [0.2, 0.25) is 59.1 Å². The maximum absolute atomic E-state index is 14.2. The number of nitrogens with two attached hydrogens (primary N) is 2. The molecule has 0 aromatic carbocycles. The van der Waals surface area contributed by atoms with E-state index in [0.29, 0.717) is 6.42 Å². The average molecular weight is 1140 g/mol. The molecule has 0 heterocycles. The van der Waals surface area contributed by atoms with Crippen LogP contribution < -0.4 is 54.0 Å². The van der Waals surface area contributed by atoms with Crippen molar-refractivity contribution in [1.29, 1.82) is 0 Å². The van der Waals surface area contributed by atoms with Crippen LogP contribution in [-0.4, -0.2) is 130 Å². The molecule has 14 N–H and O–H groups in total. The van der Waals surface area contributed by atoms with E-state index in [0.717, 1.165) is 32.1 Å². The van der Waals surface area contributed by atoms with Crippen molar-refractivity contribution in [2.75, 3.05) is 0 Å². The third-order valence-corrected chi connectivity index (χ3v) is 13.1. The molecule has 10 amide bonds. The Labute approximate surface area is 476 Å². The lowest BCUT2D eigenvalue weighted by molar-refractivity contribution is -0.143. The van der Waals surface area contributed by atoms with Gasteiger partial charge in [-0.25, -0.2) is 4.79 Å². The molecule has 0 unspecified atom stereocenters. The van der Waals surface area contributed by atoms with Crippen molar-refractivity contribution in [3.8, 4) is 0 Å². The average Bonchev–Trinajstić information content (AvgIpc) is 3.32. The van der Waals surface area contributed by atoms with Crippen LogP contribution in [0.4, 0.5) is 0 Å². The molecular weight excluding hydrogens is 1030 g/mol. The van der Waals surface area contributed by atoms with Crippen molar-refractivity contribution in [2.24, 2.45) is 47.0 Å². The number of hydrogen-bond donors (Lipinski definition) is 12. The lowest BCUT2D eigenvalue weighted by Gasteiger charge is -2.30. The topological polar surface area (TPSA) is 377 Å². The second kappa shape index (κ2) is 39.5. The second-order valence-electron chi connectivity index (χ2n) is 24.0. The number of aliphatic hydroxyl groups excluding tert-OH is 1. The van der Waals surface area contributed by atoms with E-state index < -0.39 is 132 Å². The van der Waals surface area contributed by atoms with Gasteiger partial charge in [-0.1, -0.05) is 135 Å². The van der Waals surface area contributed by atoms with Crippen molar-refractivity contribution in [3.63, 3.8) is 0 Å². The molecule has 80 heavy (non-hydrogen) atoms. The summed E-state index contributed by atoms with van der Waals surface area (Å²) in [4.78, 5) is 147. The zero-order chi connectivity index (χ0) is 61.4. The highest BCUT2D eigenvalue weighted by atomic mass is 16.4. The van der Waals surface area contributed by atoms with Crippen LogP contribution in [-0.2, 0) is 52.7 Å². The minimum absolute atomic E-state index is 0.0143. The molecule has 0 aromatic rings. The predicted octanol–water partition coefficient (Wildman–Crippen LogP) is 3.26. The van der Waals surface area contributed by atoms with Gasteiger partial charge in [0.1, 0.15) is 48.3 Å². The molecule has 460 valence electrons. The summed E-state index contributed by atoms with van der Waals surface area (Å²) in [6, 6.07) is -10.4. The van der Waals surface area contributed by atoms with Crippen molar-refractivity contribution >= 4 is 65.0 Å². The number of nitrogens with one attached hydrogen (secondary N) is 8. The van der Waals surface area contributed by atoms with Gasteiger partial charge in [-0.15, -0.1) is 0 Å². The maximum atomic E-state index is 14.2. The number of amides is 10. The molecule has 0 aromatic heterocycles. The fourth-order valence-corrected chi connectivity index (χ4v) is 8.93. The fourth-order valence-electron chi connectivity index (χ4n) is 8.93. The first-order valence-corrected chi connectivity index (χ1v) is 29.2. The van der Waals surface area contributed by atoms with Gasteiger partial charge < -0.3 is 64.2 Å². The smallest absolute Gasteiger partial charge is 0.326 e. The number of primary amides is 2. The Morgan fingerprint density at radius 1 is 0.375 bits per heavy atom. The molecular formula is C57H104N10O13. The normalized spacial score (nSPS) is 14.9. The molecule has 0 aliphatic rings. The SMILES string of the molecule is CCCCCCCCC[C@H](O)CC(=O)N[C@@H](CC(C)C)C(=O)N[C@@H](CC(C)C)C(=O)N[C@@H](CCC(N)=O)C(=O)N[C@@H](CC(C)C)C(=O)N[C@@H](CCC(N)=O)C(=O)N[C@H](C(=O)N[C@@H](CC(C)C)C(=O)N[C@@H](CC(C)C)C(=O)O)C(C)C. The first kappa shape index (κ1) is 74.1. The Morgan fingerprint density at radius 3 is 1.02 bits per heavy atom. The van der Waals surface area contributed by atoms with E-state index in [9.17, 15) is 63.0 Å². The summed E-state index contributed by atoms with van der Waals surface area (Å²) >= 11 is 0. The highest BCUT2D eigenvalue weighted by Crippen LogP contribution is 2.16. The highest BCUT2D eigenvalue weighted by Gasteiger charge is 2.36. The molecule has 0 rings (SSSR count). The molecule has 0 aliphatic carbocycles. The van der Waals surface area contributed by atoms with E-state index in [2.05, 4.69) is 49.5 Å². The molecule has 0 fully saturated rings. The third-order valence-electron chi connectivity index (χ3n) is 13.1. The minimum atomic E-state index is -1.51. The van der Waals surface area contributed by atoms with Gasteiger partial charge >= 0.3 is 5.97 Å². The zero-order valence-electron chi connectivity index (χ0n) is 50.4. The van der Waals surface area contributed by atoms with Crippen molar-refractivity contribution < 1.29 is 63.0 Å². The van der Waals surface area contributed by atoms with Gasteiger partial charge in [0, 0.05) is 12.8 Å². The fraction of sp³-hybridized carbons (Fsp3) is 0.807. The first-order valence-electron chi connectivity index (χ1n) is 29.2. The number of carbonyl (C=O) groups is 11. The summed E-state index contributed by atoms with van der Waals surface area (Å²) in [5.41, 5.74) is 10.9. The first-order chi connectivity index (χ1) is 37.3. The Kier molecular flexibility index (Phi) is 36.6. The molecule has 0 spiro atoms. The van der Waals surface area contributed by atoms with E-state index in [1.807, 2.05) is 41.5 Å². The highest BCUT2D eigenvalue weighted by molar-refractivity contribution is 5.98. The Hall–Kier alpha value is -5.87. The number of unbranched alkanes of at least 4 members (excludes halogenated alkanes) is 6. The van der Waals surface area contributed by atoms with Crippen molar-refractivity contribution in [2.45, 2.75) is 260 Å². The van der Waals surface area contributed by atoms with Gasteiger partial charge in [-0.2, -0.15) is 0 Å². The number of carbonyl (C=O) groups excluding carboxylic acids is 10. The van der Waals surface area contributed by atoms with Crippen LogP contribution in [0, 0.1) is 35.5 Å². The van der Waals surface area contributed by atoms with Gasteiger partial charge in [-0.05, 0) is 86.9 Å². The zero-order valence-corrected chi connectivity index (χ0v) is 50.4. The van der Waals surface area contributed by atoms with Crippen LogP contribution in [0.25, 0.3) is 0 Å². The summed E-state index contributed by atoms with van der Waals surface area (Å²) in [5.74, 6) is -10.4. The van der Waals surface area contributed by atoms with Crippen LogP contribution >= 0.6 is 0 Å². The summed E-state index contributed by atoms with van der Waals surface area (Å²) in [6.07, 6.45) is 5.81. The van der Waals surface area contributed by atoms with Crippen molar-refractivity contribution in [1.82, 2.24) is 42.5 Å².